The van der Waals surface area contributed by atoms with Crippen LogP contribution in [-0.4, -0.2) is 73.5 Å². The standard InChI is InChI=1S/C23H30N2S2.CH4O3S.H2O/c1-17(2)16-26-19-8-9-23-20(15-19)21(25-12-10-24(3)11-13-25)14-18-6-4-5-7-22(18)27-23;1-5(2,3)4;/h4-9,15,17,21H,10-14,16H2,1-3H3;1H3,(H,2,3,4);1H2. The van der Waals surface area contributed by atoms with Crippen LogP contribution in [0.2, 0.25) is 0 Å². The van der Waals surface area contributed by atoms with Crippen molar-refractivity contribution >= 4 is 33.6 Å². The van der Waals surface area contributed by atoms with Gasteiger partial charge in [0.15, 0.2) is 0 Å². The summed E-state index contributed by atoms with van der Waals surface area (Å²) >= 11 is 3.96. The zero-order chi connectivity index (χ0) is 23.3. The minimum Gasteiger partial charge on any atom is -0.412 e. The zero-order valence-electron chi connectivity index (χ0n) is 19.8. The molecule has 4 rings (SSSR count). The number of hydrogen-bond acceptors (Lipinski definition) is 6. The third-order valence-corrected chi connectivity index (χ3v) is 8.14. The Balaban J connectivity index is 0.000000583. The number of thioether (sulfide) groups is 1. The number of fused-ring (bicyclic) bond motifs is 2. The van der Waals surface area contributed by atoms with E-state index in [-0.39, 0.29) is 5.48 Å². The van der Waals surface area contributed by atoms with E-state index < -0.39 is 10.1 Å². The Morgan fingerprint density at radius 1 is 1.09 bits per heavy atom. The summed E-state index contributed by atoms with van der Waals surface area (Å²) in [4.78, 5) is 9.47. The first-order chi connectivity index (χ1) is 15.1. The van der Waals surface area contributed by atoms with Crippen LogP contribution >= 0.6 is 23.5 Å². The van der Waals surface area contributed by atoms with Crippen LogP contribution < -0.4 is 0 Å². The van der Waals surface area contributed by atoms with Gasteiger partial charge in [-0.3, -0.25) is 9.45 Å². The summed E-state index contributed by atoms with van der Waals surface area (Å²) in [5.41, 5.74) is 3.04. The number of piperazine rings is 1. The zero-order valence-corrected chi connectivity index (χ0v) is 22.3. The molecule has 0 radical (unpaired) electrons. The first-order valence-corrected chi connectivity index (χ1v) is 14.6. The summed E-state index contributed by atoms with van der Waals surface area (Å²) in [5.74, 6) is 1.91. The largest absolute Gasteiger partial charge is 0.412 e. The molecule has 3 N–H and O–H groups in total. The lowest BCUT2D eigenvalue weighted by molar-refractivity contribution is 0.109. The van der Waals surface area contributed by atoms with E-state index in [0.29, 0.717) is 12.3 Å². The molecule has 2 aromatic rings. The molecule has 9 heteroatoms. The van der Waals surface area contributed by atoms with E-state index in [9.17, 15) is 8.42 Å². The summed E-state index contributed by atoms with van der Waals surface area (Å²) in [5, 5.41) is 0. The molecule has 1 fully saturated rings. The van der Waals surface area contributed by atoms with Crippen LogP contribution in [0.5, 0.6) is 0 Å². The van der Waals surface area contributed by atoms with Gasteiger partial charge in [-0.15, -0.1) is 11.8 Å². The highest BCUT2D eigenvalue weighted by Crippen LogP contribution is 2.44. The summed E-state index contributed by atoms with van der Waals surface area (Å²) < 4.78 is 25.9. The second kappa shape index (κ2) is 12.6. The van der Waals surface area contributed by atoms with Gasteiger partial charge in [0.1, 0.15) is 0 Å². The molecular formula is C24H36N2O4S3. The quantitative estimate of drug-likeness (QED) is 0.487. The van der Waals surface area contributed by atoms with Gasteiger partial charge < -0.3 is 10.4 Å². The molecule has 0 bridgehead atoms. The van der Waals surface area contributed by atoms with Gasteiger partial charge in [0.2, 0.25) is 0 Å². The molecule has 0 saturated carbocycles. The van der Waals surface area contributed by atoms with Crippen LogP contribution in [0.4, 0.5) is 0 Å². The predicted molar refractivity (Wildman–Crippen MR) is 139 cm³/mol. The predicted octanol–water partition coefficient (Wildman–Crippen LogP) is 4.11. The number of likely N-dealkylation sites (N-methyl/N-ethyl adjacent to an activating group) is 1. The number of rotatable bonds is 4. The SMILES string of the molecule is CC(C)CSc1ccc2c(c1)C(N1CCN(C)CC1)Cc1ccccc1S2.CS(=O)(=O)O.O. The molecular weight excluding hydrogens is 476 g/mol. The average Bonchev–Trinajstić information content (AvgIpc) is 2.88. The topological polar surface area (TPSA) is 92.4 Å². The average molecular weight is 513 g/mol. The molecule has 6 nitrogen and oxygen atoms in total. The van der Waals surface area contributed by atoms with Gasteiger partial charge >= 0.3 is 0 Å². The smallest absolute Gasteiger partial charge is 0.261 e. The second-order valence-corrected chi connectivity index (χ2v) is 12.5. The fourth-order valence-electron chi connectivity index (χ4n) is 3.90. The van der Waals surface area contributed by atoms with E-state index in [1.807, 2.05) is 23.5 Å². The molecule has 2 aliphatic rings. The monoisotopic (exact) mass is 512 g/mol. The first-order valence-electron chi connectivity index (χ1n) is 11.0. The Morgan fingerprint density at radius 2 is 1.73 bits per heavy atom. The van der Waals surface area contributed by atoms with Crippen LogP contribution in [0, 0.1) is 5.92 Å². The molecule has 0 amide bonds. The fraction of sp³-hybridized carbons (Fsp3) is 0.500. The Kier molecular flexibility index (Phi) is 10.7. The maximum Gasteiger partial charge on any atom is 0.261 e. The maximum absolute atomic E-state index is 9.19. The lowest BCUT2D eigenvalue weighted by atomic mass is 9.96. The highest BCUT2D eigenvalue weighted by Gasteiger charge is 2.29. The van der Waals surface area contributed by atoms with Gasteiger partial charge in [-0.05, 0) is 54.8 Å². The molecule has 2 heterocycles. The van der Waals surface area contributed by atoms with Gasteiger partial charge in [0.25, 0.3) is 10.1 Å². The Hall–Kier alpha value is -1.07. The summed E-state index contributed by atoms with van der Waals surface area (Å²) in [6.45, 7) is 9.27. The van der Waals surface area contributed by atoms with Crippen molar-refractivity contribution in [2.45, 2.75) is 41.0 Å². The molecule has 0 aliphatic carbocycles. The molecule has 0 aromatic heterocycles. The van der Waals surface area contributed by atoms with Gasteiger partial charge in [-0.2, -0.15) is 8.42 Å². The molecule has 1 atom stereocenters. The molecule has 1 unspecified atom stereocenters. The van der Waals surface area contributed by atoms with Crippen LogP contribution in [0.1, 0.15) is 31.0 Å². The van der Waals surface area contributed by atoms with Crippen molar-refractivity contribution < 1.29 is 18.4 Å². The van der Waals surface area contributed by atoms with Gasteiger partial charge in [-0.1, -0.05) is 43.8 Å². The summed E-state index contributed by atoms with van der Waals surface area (Å²) in [6, 6.07) is 16.7. The van der Waals surface area contributed by atoms with Crippen LogP contribution in [0.25, 0.3) is 0 Å². The Morgan fingerprint density at radius 3 is 2.36 bits per heavy atom. The molecule has 184 valence electrons. The highest BCUT2D eigenvalue weighted by atomic mass is 32.2. The second-order valence-electron chi connectivity index (χ2n) is 8.91. The normalized spacial score (nSPS) is 18.9. The van der Waals surface area contributed by atoms with Crippen molar-refractivity contribution in [3.8, 4) is 0 Å². The third kappa shape index (κ3) is 8.90. The summed E-state index contributed by atoms with van der Waals surface area (Å²) in [7, 11) is -1.43. The minimum atomic E-state index is -3.67. The fourth-order valence-corrected chi connectivity index (χ4v) is 5.92. The van der Waals surface area contributed by atoms with Crippen molar-refractivity contribution in [3.63, 3.8) is 0 Å². The van der Waals surface area contributed by atoms with Gasteiger partial charge in [0, 0.05) is 52.7 Å². The van der Waals surface area contributed by atoms with Crippen molar-refractivity contribution in [3.05, 3.63) is 53.6 Å². The van der Waals surface area contributed by atoms with Crippen LogP contribution in [0.3, 0.4) is 0 Å². The molecule has 33 heavy (non-hydrogen) atoms. The van der Waals surface area contributed by atoms with Crippen LogP contribution in [-0.2, 0) is 16.5 Å². The number of nitrogens with zero attached hydrogens (tertiary/aromatic N) is 2. The van der Waals surface area contributed by atoms with Gasteiger partial charge in [0.05, 0.1) is 6.26 Å². The minimum absolute atomic E-state index is 0. The van der Waals surface area contributed by atoms with E-state index in [1.54, 1.807) is 0 Å². The lowest BCUT2D eigenvalue weighted by Gasteiger charge is -2.38. The van der Waals surface area contributed by atoms with Crippen molar-refractivity contribution in [1.29, 1.82) is 0 Å². The highest BCUT2D eigenvalue weighted by molar-refractivity contribution is 7.99. The van der Waals surface area contributed by atoms with Gasteiger partial charge in [-0.25, -0.2) is 0 Å². The lowest BCUT2D eigenvalue weighted by Crippen LogP contribution is -2.46. The molecule has 0 spiro atoms. The van der Waals surface area contributed by atoms with E-state index in [0.717, 1.165) is 25.4 Å². The molecule has 2 aromatic carbocycles. The number of benzene rings is 2. The van der Waals surface area contributed by atoms with E-state index in [4.69, 9.17) is 4.55 Å². The summed E-state index contributed by atoms with van der Waals surface area (Å²) in [6.07, 6.45) is 1.84. The van der Waals surface area contributed by atoms with Crippen molar-refractivity contribution in [2.24, 2.45) is 5.92 Å². The maximum atomic E-state index is 9.19. The van der Waals surface area contributed by atoms with Crippen LogP contribution in [0.15, 0.2) is 57.2 Å². The molecule has 2 aliphatic heterocycles. The van der Waals surface area contributed by atoms with Crippen molar-refractivity contribution in [1.82, 2.24) is 9.80 Å². The van der Waals surface area contributed by atoms with E-state index in [2.05, 4.69) is 73.2 Å². The third-order valence-electron chi connectivity index (χ3n) is 5.51. The Labute approximate surface area is 207 Å². The van der Waals surface area contributed by atoms with E-state index >= 15 is 0 Å². The van der Waals surface area contributed by atoms with E-state index in [1.165, 1.54) is 44.7 Å². The first kappa shape index (κ1) is 28.2. The van der Waals surface area contributed by atoms with Crippen molar-refractivity contribution in [2.75, 3.05) is 45.2 Å². The number of hydrogen-bond donors (Lipinski definition) is 1. The molecule has 1 saturated heterocycles. The Bertz CT molecular complexity index is 999.